The number of hydrogen-bond acceptors (Lipinski definition) is 2. The van der Waals surface area contributed by atoms with Gasteiger partial charge in [-0.15, -0.1) is 0 Å². The molecular formula is C2H7F2NO. The van der Waals surface area contributed by atoms with Crippen LogP contribution < -0.4 is 5.73 Å². The second-order valence-corrected chi connectivity index (χ2v) is 0.402. The topological polar surface area (TPSA) is 43.1 Å². The van der Waals surface area contributed by atoms with Crippen LogP contribution in [0.15, 0.2) is 0 Å². The Morgan fingerprint density at radius 2 is 1.67 bits per heavy atom. The molecule has 0 rings (SSSR count). The Morgan fingerprint density at radius 3 is 1.67 bits per heavy atom. The van der Waals surface area contributed by atoms with Gasteiger partial charge in [-0.1, -0.05) is 0 Å². The van der Waals surface area contributed by atoms with E-state index in [0.29, 0.717) is 6.29 Å². The van der Waals surface area contributed by atoms with E-state index in [0.717, 1.165) is 0 Å². The Hall–Kier alpha value is -0.510. The van der Waals surface area contributed by atoms with Gasteiger partial charge in [0.1, 0.15) is 6.29 Å². The summed E-state index contributed by atoms with van der Waals surface area (Å²) < 4.78 is 0. The lowest BCUT2D eigenvalue weighted by molar-refractivity contribution is -0.106. The van der Waals surface area contributed by atoms with Crippen molar-refractivity contribution in [2.75, 3.05) is 6.54 Å². The van der Waals surface area contributed by atoms with Gasteiger partial charge in [0.2, 0.25) is 0 Å². The van der Waals surface area contributed by atoms with Crippen molar-refractivity contribution < 1.29 is 14.2 Å². The summed E-state index contributed by atoms with van der Waals surface area (Å²) in [5.74, 6) is 0. The molecule has 0 aromatic heterocycles. The zero-order valence-electron chi connectivity index (χ0n) is 3.09. The van der Waals surface area contributed by atoms with Crippen molar-refractivity contribution in [3.8, 4) is 0 Å². The SMILES string of the molecule is F.F.NCC=O. The smallest absolute Gasteiger partial charge is 0.133 e. The fraction of sp³-hybridized carbons (Fsp3) is 0.500. The maximum atomic E-state index is 9.05. The van der Waals surface area contributed by atoms with E-state index in [1.54, 1.807) is 0 Å². The van der Waals surface area contributed by atoms with Crippen molar-refractivity contribution in [2.45, 2.75) is 0 Å². The largest absolute Gasteiger partial charge is 0.324 e. The van der Waals surface area contributed by atoms with Crippen LogP contribution in [0.3, 0.4) is 0 Å². The minimum atomic E-state index is 0. The van der Waals surface area contributed by atoms with Crippen LogP contribution in [0.25, 0.3) is 0 Å². The maximum absolute atomic E-state index is 9.05. The van der Waals surface area contributed by atoms with E-state index < -0.39 is 0 Å². The summed E-state index contributed by atoms with van der Waals surface area (Å²) in [4.78, 5) is 9.05. The highest BCUT2D eigenvalue weighted by molar-refractivity contribution is 5.51. The average molecular weight is 99.1 g/mol. The molecule has 0 bridgehead atoms. The van der Waals surface area contributed by atoms with Gasteiger partial charge in [0, 0.05) is 6.54 Å². The molecule has 0 aliphatic heterocycles. The molecule has 0 saturated heterocycles. The van der Waals surface area contributed by atoms with Gasteiger partial charge in [-0.25, -0.2) is 0 Å². The number of rotatable bonds is 1. The first-order valence-electron chi connectivity index (χ1n) is 1.05. The Balaban J connectivity index is -0.0000000450. The summed E-state index contributed by atoms with van der Waals surface area (Å²) in [6.07, 6.45) is 0.653. The lowest BCUT2D eigenvalue weighted by Gasteiger charge is -1.55. The second kappa shape index (κ2) is 24.6. The molecule has 0 radical (unpaired) electrons. The number of nitrogens with two attached hydrogens (primary N) is 1. The van der Waals surface area contributed by atoms with Crippen LogP contribution >= 0.6 is 0 Å². The molecule has 40 valence electrons. The Bertz CT molecular complexity index is 25.5. The highest BCUT2D eigenvalue weighted by Crippen LogP contribution is 1.18. The van der Waals surface area contributed by atoms with E-state index in [1.807, 2.05) is 0 Å². The van der Waals surface area contributed by atoms with Gasteiger partial charge in [0.05, 0.1) is 0 Å². The Morgan fingerprint density at radius 1 is 1.50 bits per heavy atom. The van der Waals surface area contributed by atoms with E-state index in [4.69, 9.17) is 4.79 Å². The van der Waals surface area contributed by atoms with E-state index in [-0.39, 0.29) is 16.0 Å². The standard InChI is InChI=1S/C2H5NO.2FH/c3-1-2-4;;/h2H,1,3H2;2*1H. The Kier molecular flexibility index (Phi) is 73.3. The van der Waals surface area contributed by atoms with Gasteiger partial charge in [-0.3, -0.25) is 9.41 Å². The summed E-state index contributed by atoms with van der Waals surface area (Å²) in [5, 5.41) is 0. The summed E-state index contributed by atoms with van der Waals surface area (Å²) in [5.41, 5.74) is 4.66. The molecule has 0 saturated carbocycles. The van der Waals surface area contributed by atoms with Crippen LogP contribution in [-0.4, -0.2) is 12.8 Å². The molecule has 0 heterocycles. The minimum absolute atomic E-state index is 0. The molecule has 2 N–H and O–H groups in total. The third kappa shape index (κ3) is 90.1. The fourth-order valence-electron chi connectivity index (χ4n) is 0. The predicted octanol–water partition coefficient (Wildman–Crippen LogP) is -0.551. The number of aldehydes is 1. The molecule has 0 spiro atoms. The van der Waals surface area contributed by atoms with Crippen molar-refractivity contribution in [1.29, 1.82) is 0 Å². The molecule has 0 aliphatic carbocycles. The van der Waals surface area contributed by atoms with Gasteiger partial charge in [0.15, 0.2) is 0 Å². The summed E-state index contributed by atoms with van der Waals surface area (Å²) >= 11 is 0. The second-order valence-electron chi connectivity index (χ2n) is 0.402. The summed E-state index contributed by atoms with van der Waals surface area (Å²) in [7, 11) is 0. The molecule has 0 unspecified atom stereocenters. The normalized spacial score (nSPS) is 4.17. The molecule has 0 fully saturated rings. The van der Waals surface area contributed by atoms with Crippen molar-refractivity contribution in [1.82, 2.24) is 0 Å². The first kappa shape index (κ1) is 17.9. The molecule has 2 nitrogen and oxygen atoms in total. The minimum Gasteiger partial charge on any atom is -0.324 e. The summed E-state index contributed by atoms with van der Waals surface area (Å²) in [6, 6.07) is 0. The van der Waals surface area contributed by atoms with Crippen LogP contribution in [0.4, 0.5) is 9.41 Å². The van der Waals surface area contributed by atoms with Crippen molar-refractivity contribution in [3.63, 3.8) is 0 Å². The zero-order valence-corrected chi connectivity index (χ0v) is 3.09. The molecule has 0 amide bonds. The number of hydrogen-bond donors (Lipinski definition) is 1. The van der Waals surface area contributed by atoms with Crippen molar-refractivity contribution in [2.24, 2.45) is 5.73 Å². The monoisotopic (exact) mass is 99.0 g/mol. The first-order valence-corrected chi connectivity index (χ1v) is 1.05. The maximum Gasteiger partial charge on any atom is 0.133 e. The average Bonchev–Trinajstić information content (AvgIpc) is 1.37. The highest BCUT2D eigenvalue weighted by Gasteiger charge is 1.51. The van der Waals surface area contributed by atoms with Gasteiger partial charge in [0.25, 0.3) is 0 Å². The third-order valence-electron chi connectivity index (χ3n) is 0.0962. The van der Waals surface area contributed by atoms with Crippen LogP contribution in [0, 0.1) is 0 Å². The van der Waals surface area contributed by atoms with Crippen LogP contribution in [-0.2, 0) is 4.79 Å². The van der Waals surface area contributed by atoms with E-state index in [1.165, 1.54) is 0 Å². The zero-order chi connectivity index (χ0) is 3.41. The highest BCUT2D eigenvalue weighted by atomic mass is 19.0. The van der Waals surface area contributed by atoms with Crippen LogP contribution in [0.1, 0.15) is 0 Å². The summed E-state index contributed by atoms with van der Waals surface area (Å²) in [6.45, 7) is 0.139. The lowest BCUT2D eigenvalue weighted by atomic mass is 10.8. The van der Waals surface area contributed by atoms with Crippen LogP contribution in [0.5, 0.6) is 0 Å². The van der Waals surface area contributed by atoms with Gasteiger partial charge in [-0.05, 0) is 0 Å². The molecule has 0 aromatic carbocycles. The molecular weight excluding hydrogens is 92.0 g/mol. The van der Waals surface area contributed by atoms with E-state index in [9.17, 15) is 0 Å². The van der Waals surface area contributed by atoms with Gasteiger partial charge >= 0.3 is 0 Å². The van der Waals surface area contributed by atoms with Gasteiger partial charge < -0.3 is 10.5 Å². The Labute approximate surface area is 34.1 Å². The number of carbonyl (C=O) groups is 1. The van der Waals surface area contributed by atoms with E-state index >= 15 is 0 Å². The number of carbonyl (C=O) groups excluding carboxylic acids is 1. The lowest BCUT2D eigenvalue weighted by Crippen LogP contribution is -1.97. The quantitative estimate of drug-likeness (QED) is 0.448. The first-order chi connectivity index (χ1) is 1.91. The predicted molar refractivity (Wildman–Crippen MR) is 20.1 cm³/mol. The third-order valence-corrected chi connectivity index (χ3v) is 0.0962. The van der Waals surface area contributed by atoms with Crippen LogP contribution in [0.2, 0.25) is 0 Å². The molecule has 6 heavy (non-hydrogen) atoms. The van der Waals surface area contributed by atoms with E-state index in [2.05, 4.69) is 5.73 Å². The molecule has 0 atom stereocenters. The molecule has 4 heteroatoms. The van der Waals surface area contributed by atoms with Crippen molar-refractivity contribution >= 4 is 6.29 Å². The fourth-order valence-corrected chi connectivity index (χ4v) is 0. The molecule has 0 aliphatic rings. The van der Waals surface area contributed by atoms with Gasteiger partial charge in [-0.2, -0.15) is 0 Å². The number of halogens is 2. The molecule has 0 aromatic rings. The van der Waals surface area contributed by atoms with Crippen molar-refractivity contribution in [3.05, 3.63) is 0 Å².